The Labute approximate surface area is 137 Å². The van der Waals surface area contributed by atoms with Gasteiger partial charge < -0.3 is 10.1 Å². The molecule has 0 amide bonds. The Balaban J connectivity index is 1.63. The maximum absolute atomic E-state index is 6.24. The van der Waals surface area contributed by atoms with Crippen LogP contribution in [-0.4, -0.2) is 37.1 Å². The Morgan fingerprint density at radius 2 is 2.04 bits per heavy atom. The van der Waals surface area contributed by atoms with E-state index < -0.39 is 6.29 Å². The first-order chi connectivity index (χ1) is 11.3. The predicted octanol–water partition coefficient (Wildman–Crippen LogP) is 2.07. The van der Waals surface area contributed by atoms with Gasteiger partial charge in [0.25, 0.3) is 0 Å². The van der Waals surface area contributed by atoms with Gasteiger partial charge in [0.2, 0.25) is 5.90 Å². The smallest absolute Gasteiger partial charge is 0.221 e. The van der Waals surface area contributed by atoms with E-state index in [1.165, 1.54) is 5.57 Å². The average Bonchev–Trinajstić information content (AvgIpc) is 2.76. The summed E-state index contributed by atoms with van der Waals surface area (Å²) in [5, 5.41) is 3.36. The van der Waals surface area contributed by atoms with Crippen molar-refractivity contribution in [1.29, 1.82) is 0 Å². The topological polar surface area (TPSA) is 72.0 Å². The molecular formula is C18H24N4O. The van der Waals surface area contributed by atoms with Crippen molar-refractivity contribution in [3.05, 3.63) is 35.5 Å². The lowest BCUT2D eigenvalue weighted by Gasteiger charge is -2.29. The van der Waals surface area contributed by atoms with Crippen LogP contribution < -0.4 is 11.1 Å². The summed E-state index contributed by atoms with van der Waals surface area (Å²) in [6.07, 6.45) is 13.8. The Morgan fingerprint density at radius 3 is 2.91 bits per heavy atom. The van der Waals surface area contributed by atoms with Crippen LogP contribution in [0.25, 0.3) is 0 Å². The molecule has 23 heavy (non-hydrogen) atoms. The second kappa shape index (κ2) is 6.42. The molecule has 5 heteroatoms. The number of hydrogen-bond donors (Lipinski definition) is 2. The Bertz CT molecular complexity index is 623. The molecule has 0 bridgehead atoms. The summed E-state index contributed by atoms with van der Waals surface area (Å²) in [4.78, 5) is 9.13. The van der Waals surface area contributed by atoms with E-state index in [1.54, 1.807) is 0 Å². The average molecular weight is 312 g/mol. The molecule has 3 N–H and O–H groups in total. The van der Waals surface area contributed by atoms with Crippen molar-refractivity contribution >= 4 is 11.6 Å². The molecular weight excluding hydrogens is 288 g/mol. The maximum atomic E-state index is 6.24. The number of aliphatic imine (C=N–C) groups is 2. The molecule has 0 aromatic carbocycles. The van der Waals surface area contributed by atoms with Crippen LogP contribution in [0.4, 0.5) is 0 Å². The first kappa shape index (κ1) is 14.8. The lowest BCUT2D eigenvalue weighted by molar-refractivity contribution is 0.149. The van der Waals surface area contributed by atoms with E-state index in [0.717, 1.165) is 56.5 Å². The van der Waals surface area contributed by atoms with Crippen LogP contribution in [0.1, 0.15) is 32.1 Å². The van der Waals surface area contributed by atoms with E-state index >= 15 is 0 Å². The summed E-state index contributed by atoms with van der Waals surface area (Å²) in [5.41, 5.74) is 9.42. The molecule has 1 saturated heterocycles. The van der Waals surface area contributed by atoms with Gasteiger partial charge in [-0.2, -0.15) is 0 Å². The number of ether oxygens (including phenoxy) is 1. The van der Waals surface area contributed by atoms with Gasteiger partial charge >= 0.3 is 0 Å². The van der Waals surface area contributed by atoms with Crippen molar-refractivity contribution in [1.82, 2.24) is 5.32 Å². The van der Waals surface area contributed by atoms with Gasteiger partial charge in [0.1, 0.15) is 6.10 Å². The van der Waals surface area contributed by atoms with Gasteiger partial charge in [-0.15, -0.1) is 0 Å². The standard InChI is InChI=1S/C18H24N4O/c19-18-21-16-14-6-2-1-4-12(14)5-3-7-15(16)17(22-18)23-13-8-10-20-11-9-13/h1-2,6-7,12-13,18,20H,3-5,8-11,19H2. The van der Waals surface area contributed by atoms with Crippen molar-refractivity contribution in [3.8, 4) is 0 Å². The van der Waals surface area contributed by atoms with E-state index in [-0.39, 0.29) is 6.10 Å². The summed E-state index contributed by atoms with van der Waals surface area (Å²) >= 11 is 0. The summed E-state index contributed by atoms with van der Waals surface area (Å²) in [7, 11) is 0. The minimum absolute atomic E-state index is 0.224. The van der Waals surface area contributed by atoms with E-state index in [9.17, 15) is 0 Å². The van der Waals surface area contributed by atoms with Crippen LogP contribution >= 0.6 is 0 Å². The van der Waals surface area contributed by atoms with Crippen molar-refractivity contribution in [2.75, 3.05) is 13.1 Å². The fraction of sp³-hybridized carbons (Fsp3) is 0.556. The number of nitrogens with two attached hydrogens (primary N) is 1. The number of piperidine rings is 1. The van der Waals surface area contributed by atoms with Crippen LogP contribution in [-0.2, 0) is 4.74 Å². The van der Waals surface area contributed by atoms with Crippen LogP contribution in [0.2, 0.25) is 0 Å². The summed E-state index contributed by atoms with van der Waals surface area (Å²) in [6, 6.07) is 0. The molecule has 0 saturated carbocycles. The Hall–Kier alpha value is -1.72. The highest BCUT2D eigenvalue weighted by Gasteiger charge is 2.32. The summed E-state index contributed by atoms with van der Waals surface area (Å²) in [6.45, 7) is 2.00. The van der Waals surface area contributed by atoms with Crippen molar-refractivity contribution in [2.45, 2.75) is 44.5 Å². The molecule has 5 nitrogen and oxygen atoms in total. The number of fused-ring (bicyclic) bond motifs is 3. The zero-order chi connectivity index (χ0) is 15.6. The van der Waals surface area contributed by atoms with Crippen LogP contribution in [0.3, 0.4) is 0 Å². The molecule has 2 aliphatic carbocycles. The third kappa shape index (κ3) is 3.03. The van der Waals surface area contributed by atoms with Crippen molar-refractivity contribution in [3.63, 3.8) is 0 Å². The first-order valence-electron chi connectivity index (χ1n) is 8.68. The highest BCUT2D eigenvalue weighted by molar-refractivity contribution is 6.29. The summed E-state index contributed by atoms with van der Waals surface area (Å²) in [5.74, 6) is 1.24. The monoisotopic (exact) mass is 312 g/mol. The van der Waals surface area contributed by atoms with E-state index in [2.05, 4.69) is 39.6 Å². The SMILES string of the molecule is NC1N=C(OC2CCNCC2)C2=CCCC3CC=CC=C3C2=N1. The van der Waals surface area contributed by atoms with Gasteiger partial charge in [-0.05, 0) is 56.7 Å². The third-order valence-electron chi connectivity index (χ3n) is 4.97. The molecule has 2 unspecified atom stereocenters. The van der Waals surface area contributed by atoms with Crippen LogP contribution in [0.15, 0.2) is 45.4 Å². The molecule has 0 aromatic rings. The maximum Gasteiger partial charge on any atom is 0.221 e. The molecule has 0 spiro atoms. The zero-order valence-electron chi connectivity index (χ0n) is 13.4. The number of nitrogens with one attached hydrogen (secondary N) is 1. The molecule has 1 fully saturated rings. The molecule has 4 rings (SSSR count). The van der Waals surface area contributed by atoms with Gasteiger partial charge in [0.05, 0.1) is 11.3 Å². The largest absolute Gasteiger partial charge is 0.474 e. The Kier molecular flexibility index (Phi) is 4.14. The highest BCUT2D eigenvalue weighted by atomic mass is 16.5. The lowest BCUT2D eigenvalue weighted by Crippen LogP contribution is -2.37. The third-order valence-corrected chi connectivity index (χ3v) is 4.97. The van der Waals surface area contributed by atoms with E-state index in [0.29, 0.717) is 11.8 Å². The Morgan fingerprint density at radius 1 is 1.17 bits per heavy atom. The molecule has 2 aliphatic heterocycles. The molecule has 122 valence electrons. The van der Waals surface area contributed by atoms with Crippen molar-refractivity contribution in [2.24, 2.45) is 21.6 Å². The minimum atomic E-state index is -0.551. The van der Waals surface area contributed by atoms with Crippen LogP contribution in [0, 0.1) is 5.92 Å². The van der Waals surface area contributed by atoms with Crippen LogP contribution in [0.5, 0.6) is 0 Å². The van der Waals surface area contributed by atoms with Gasteiger partial charge in [0.15, 0.2) is 6.29 Å². The number of hydrogen-bond acceptors (Lipinski definition) is 5. The molecule has 2 atom stereocenters. The van der Waals surface area contributed by atoms with E-state index in [1.807, 2.05) is 0 Å². The summed E-state index contributed by atoms with van der Waals surface area (Å²) < 4.78 is 6.24. The predicted molar refractivity (Wildman–Crippen MR) is 92.5 cm³/mol. The van der Waals surface area contributed by atoms with Gasteiger partial charge in [-0.1, -0.05) is 24.3 Å². The van der Waals surface area contributed by atoms with Crippen molar-refractivity contribution < 1.29 is 4.74 Å². The highest BCUT2D eigenvalue weighted by Crippen LogP contribution is 2.34. The first-order valence-corrected chi connectivity index (χ1v) is 8.68. The lowest BCUT2D eigenvalue weighted by atomic mass is 9.85. The quantitative estimate of drug-likeness (QED) is 0.778. The number of nitrogens with zero attached hydrogens (tertiary/aromatic N) is 2. The molecule has 2 heterocycles. The molecule has 0 aromatic heterocycles. The second-order valence-electron chi connectivity index (χ2n) is 6.57. The van der Waals surface area contributed by atoms with Gasteiger partial charge in [-0.25, -0.2) is 9.98 Å². The molecule has 4 aliphatic rings. The minimum Gasteiger partial charge on any atom is -0.474 e. The van der Waals surface area contributed by atoms with E-state index in [4.69, 9.17) is 10.5 Å². The van der Waals surface area contributed by atoms with Gasteiger partial charge in [-0.3, -0.25) is 5.73 Å². The fourth-order valence-corrected chi connectivity index (χ4v) is 3.75. The number of allylic oxidation sites excluding steroid dienone is 5. The second-order valence-corrected chi connectivity index (χ2v) is 6.57. The zero-order valence-corrected chi connectivity index (χ0v) is 13.4. The normalized spacial score (nSPS) is 31.0. The van der Waals surface area contributed by atoms with Gasteiger partial charge in [0, 0.05) is 0 Å². The molecule has 0 radical (unpaired) electrons. The fourth-order valence-electron chi connectivity index (χ4n) is 3.75. The number of rotatable bonds is 1.